The van der Waals surface area contributed by atoms with Crippen molar-refractivity contribution in [3.63, 3.8) is 0 Å². The summed E-state index contributed by atoms with van der Waals surface area (Å²) in [5.41, 5.74) is 0.748. The van der Waals surface area contributed by atoms with Gasteiger partial charge in [0.25, 0.3) is 0 Å². The Hall–Kier alpha value is -2.37. The Morgan fingerprint density at radius 3 is 2.63 bits per heavy atom. The summed E-state index contributed by atoms with van der Waals surface area (Å²) in [4.78, 5) is 34.3. The van der Waals surface area contributed by atoms with Crippen molar-refractivity contribution in [1.82, 2.24) is 5.32 Å². The van der Waals surface area contributed by atoms with Crippen LogP contribution in [0.15, 0.2) is 24.3 Å². The SMILES string of the molecule is COC(=O)c1cccc(NC(=O)NC(=O)C2CC2)c1. The maximum absolute atomic E-state index is 11.5. The second-order valence-corrected chi connectivity index (χ2v) is 4.29. The first-order valence-electron chi connectivity index (χ1n) is 5.90. The smallest absolute Gasteiger partial charge is 0.337 e. The first-order chi connectivity index (χ1) is 9.10. The summed E-state index contributed by atoms with van der Waals surface area (Å²) < 4.78 is 4.58. The standard InChI is InChI=1S/C13H14N2O4/c1-19-12(17)9-3-2-4-10(7-9)14-13(18)15-11(16)8-5-6-8/h2-4,7-8H,5-6H2,1H3,(H2,14,15,16,18). The lowest BCUT2D eigenvalue weighted by Crippen LogP contribution is -2.35. The molecule has 2 N–H and O–H groups in total. The van der Waals surface area contributed by atoms with Crippen LogP contribution in [-0.4, -0.2) is 25.0 Å². The van der Waals surface area contributed by atoms with Gasteiger partial charge in [0.1, 0.15) is 0 Å². The molecule has 1 aliphatic carbocycles. The minimum atomic E-state index is -0.598. The van der Waals surface area contributed by atoms with Crippen LogP contribution in [0.2, 0.25) is 0 Å². The predicted octanol–water partition coefficient (Wildman–Crippen LogP) is 1.53. The molecular weight excluding hydrogens is 248 g/mol. The molecule has 0 saturated heterocycles. The normalized spacial score (nSPS) is 13.5. The van der Waals surface area contributed by atoms with E-state index in [0.29, 0.717) is 11.3 Å². The van der Waals surface area contributed by atoms with Gasteiger partial charge in [-0.15, -0.1) is 0 Å². The van der Waals surface area contributed by atoms with Crippen LogP contribution in [0.1, 0.15) is 23.2 Å². The van der Waals surface area contributed by atoms with E-state index in [1.807, 2.05) is 0 Å². The molecule has 0 unspecified atom stereocenters. The van der Waals surface area contributed by atoms with Crippen molar-refractivity contribution in [2.75, 3.05) is 12.4 Å². The zero-order valence-electron chi connectivity index (χ0n) is 10.4. The summed E-state index contributed by atoms with van der Waals surface area (Å²) in [6, 6.07) is 5.69. The highest BCUT2D eigenvalue weighted by molar-refractivity contribution is 6.03. The van der Waals surface area contributed by atoms with Crippen molar-refractivity contribution in [3.05, 3.63) is 29.8 Å². The van der Waals surface area contributed by atoms with E-state index in [9.17, 15) is 14.4 Å². The topological polar surface area (TPSA) is 84.5 Å². The Balaban J connectivity index is 1.96. The number of hydrogen-bond acceptors (Lipinski definition) is 4. The predicted molar refractivity (Wildman–Crippen MR) is 67.7 cm³/mol. The molecule has 0 spiro atoms. The molecule has 0 heterocycles. The van der Waals surface area contributed by atoms with Gasteiger partial charge in [0, 0.05) is 11.6 Å². The number of methoxy groups -OCH3 is 1. The average Bonchev–Trinajstić information content (AvgIpc) is 3.22. The van der Waals surface area contributed by atoms with E-state index in [4.69, 9.17) is 0 Å². The Kier molecular flexibility index (Phi) is 3.79. The highest BCUT2D eigenvalue weighted by atomic mass is 16.5. The van der Waals surface area contributed by atoms with Crippen molar-refractivity contribution < 1.29 is 19.1 Å². The van der Waals surface area contributed by atoms with Gasteiger partial charge in [-0.25, -0.2) is 9.59 Å². The third-order valence-corrected chi connectivity index (χ3v) is 2.73. The van der Waals surface area contributed by atoms with Crippen LogP contribution in [0.5, 0.6) is 0 Å². The first kappa shape index (κ1) is 13.1. The summed E-state index contributed by atoms with van der Waals surface area (Å²) in [6.45, 7) is 0. The highest BCUT2D eigenvalue weighted by Gasteiger charge is 2.30. The molecule has 0 aliphatic heterocycles. The van der Waals surface area contributed by atoms with E-state index in [2.05, 4.69) is 15.4 Å². The van der Waals surface area contributed by atoms with Gasteiger partial charge in [-0.1, -0.05) is 6.07 Å². The molecule has 0 radical (unpaired) electrons. The quantitative estimate of drug-likeness (QED) is 0.809. The van der Waals surface area contributed by atoms with E-state index in [1.54, 1.807) is 18.2 Å². The fraction of sp³-hybridized carbons (Fsp3) is 0.308. The van der Waals surface area contributed by atoms with Crippen molar-refractivity contribution in [3.8, 4) is 0 Å². The van der Waals surface area contributed by atoms with E-state index in [0.717, 1.165) is 12.8 Å². The number of hydrogen-bond donors (Lipinski definition) is 2. The molecule has 0 bridgehead atoms. The fourth-order valence-electron chi connectivity index (χ4n) is 1.56. The van der Waals surface area contributed by atoms with Crippen molar-refractivity contribution in [2.45, 2.75) is 12.8 Å². The lowest BCUT2D eigenvalue weighted by atomic mass is 10.2. The summed E-state index contributed by atoms with van der Waals surface area (Å²) in [6.07, 6.45) is 1.66. The molecule has 3 amide bonds. The van der Waals surface area contributed by atoms with Crippen molar-refractivity contribution >= 4 is 23.6 Å². The number of carbonyl (C=O) groups is 3. The second-order valence-electron chi connectivity index (χ2n) is 4.29. The minimum absolute atomic E-state index is 0.0350. The van der Waals surface area contributed by atoms with Gasteiger partial charge in [0.15, 0.2) is 0 Å². The fourth-order valence-corrected chi connectivity index (χ4v) is 1.56. The molecule has 6 nitrogen and oxygen atoms in total. The molecule has 0 aromatic heterocycles. The lowest BCUT2D eigenvalue weighted by molar-refractivity contribution is -0.121. The van der Waals surface area contributed by atoms with Crippen LogP contribution in [0, 0.1) is 5.92 Å². The number of nitrogens with one attached hydrogen (secondary N) is 2. The maximum Gasteiger partial charge on any atom is 0.337 e. The van der Waals surface area contributed by atoms with E-state index >= 15 is 0 Å². The Bertz CT molecular complexity index is 523. The van der Waals surface area contributed by atoms with Gasteiger partial charge in [0.05, 0.1) is 12.7 Å². The van der Waals surface area contributed by atoms with Crippen LogP contribution in [0.3, 0.4) is 0 Å². The van der Waals surface area contributed by atoms with Crippen LogP contribution < -0.4 is 10.6 Å². The molecular formula is C13H14N2O4. The minimum Gasteiger partial charge on any atom is -0.465 e. The van der Waals surface area contributed by atoms with Crippen molar-refractivity contribution in [2.24, 2.45) is 5.92 Å². The summed E-state index contributed by atoms with van der Waals surface area (Å²) in [7, 11) is 1.28. The van der Waals surface area contributed by atoms with E-state index in [-0.39, 0.29) is 11.8 Å². The molecule has 2 rings (SSSR count). The molecule has 1 saturated carbocycles. The number of imide groups is 1. The van der Waals surface area contributed by atoms with Gasteiger partial charge < -0.3 is 10.1 Å². The number of anilines is 1. The van der Waals surface area contributed by atoms with Gasteiger partial charge in [0.2, 0.25) is 5.91 Å². The largest absolute Gasteiger partial charge is 0.465 e. The van der Waals surface area contributed by atoms with Gasteiger partial charge in [-0.05, 0) is 31.0 Å². The summed E-state index contributed by atoms with van der Waals surface area (Å²) in [5.74, 6) is -0.785. The second kappa shape index (κ2) is 5.51. The number of amides is 3. The van der Waals surface area contributed by atoms with Crippen molar-refractivity contribution in [1.29, 1.82) is 0 Å². The zero-order chi connectivity index (χ0) is 13.8. The van der Waals surface area contributed by atoms with E-state index < -0.39 is 12.0 Å². The molecule has 1 fully saturated rings. The maximum atomic E-state index is 11.5. The number of benzene rings is 1. The Labute approximate surface area is 110 Å². The number of esters is 1. The first-order valence-corrected chi connectivity index (χ1v) is 5.90. The average molecular weight is 262 g/mol. The van der Waals surface area contributed by atoms with Crippen LogP contribution >= 0.6 is 0 Å². The Morgan fingerprint density at radius 2 is 2.00 bits per heavy atom. The van der Waals surface area contributed by atoms with Crippen LogP contribution in [-0.2, 0) is 9.53 Å². The molecule has 19 heavy (non-hydrogen) atoms. The monoisotopic (exact) mass is 262 g/mol. The lowest BCUT2D eigenvalue weighted by Gasteiger charge is -2.07. The molecule has 1 aromatic carbocycles. The number of ether oxygens (including phenoxy) is 1. The molecule has 1 aliphatic rings. The van der Waals surface area contributed by atoms with Gasteiger partial charge in [-0.2, -0.15) is 0 Å². The third-order valence-electron chi connectivity index (χ3n) is 2.73. The molecule has 1 aromatic rings. The summed E-state index contributed by atoms with van der Waals surface area (Å²) >= 11 is 0. The van der Waals surface area contributed by atoms with E-state index in [1.165, 1.54) is 13.2 Å². The third kappa shape index (κ3) is 3.54. The number of urea groups is 1. The molecule has 0 atom stereocenters. The molecule has 6 heteroatoms. The van der Waals surface area contributed by atoms with Gasteiger partial charge in [-0.3, -0.25) is 10.1 Å². The number of carbonyl (C=O) groups excluding carboxylic acids is 3. The number of rotatable bonds is 3. The van der Waals surface area contributed by atoms with Crippen LogP contribution in [0.4, 0.5) is 10.5 Å². The highest BCUT2D eigenvalue weighted by Crippen LogP contribution is 2.28. The molecule has 100 valence electrons. The Morgan fingerprint density at radius 1 is 1.26 bits per heavy atom. The zero-order valence-corrected chi connectivity index (χ0v) is 10.4. The van der Waals surface area contributed by atoms with Crippen LogP contribution in [0.25, 0.3) is 0 Å². The van der Waals surface area contributed by atoms with Gasteiger partial charge >= 0.3 is 12.0 Å². The summed E-state index contributed by atoms with van der Waals surface area (Å²) in [5, 5.41) is 4.74.